The highest BCUT2D eigenvalue weighted by Crippen LogP contribution is 2.45. The smallest absolute Gasteiger partial charge is 0.329 e. The van der Waals surface area contributed by atoms with Gasteiger partial charge < -0.3 is 9.45 Å². The number of allylic oxidation sites excluding steroid dienone is 1. The lowest BCUT2D eigenvalue weighted by Crippen LogP contribution is -2.48. The van der Waals surface area contributed by atoms with E-state index in [4.69, 9.17) is 11.6 Å². The van der Waals surface area contributed by atoms with Gasteiger partial charge >= 0.3 is 6.03 Å². The molecule has 2 aliphatic rings. The predicted molar refractivity (Wildman–Crippen MR) is 112 cm³/mol. The minimum atomic E-state index is -1.41. The number of halogens is 1. The quantitative estimate of drug-likeness (QED) is 0.679. The van der Waals surface area contributed by atoms with Crippen molar-refractivity contribution in [2.45, 2.75) is 23.8 Å². The van der Waals surface area contributed by atoms with Gasteiger partial charge in [0, 0.05) is 42.6 Å². The number of benzene rings is 1. The lowest BCUT2D eigenvalue weighted by atomic mass is 9.92. The maximum atomic E-state index is 13.4. The van der Waals surface area contributed by atoms with E-state index in [1.54, 1.807) is 31.3 Å². The van der Waals surface area contributed by atoms with Crippen molar-refractivity contribution >= 4 is 40.3 Å². The fraction of sp³-hybridized carbons (Fsp3) is 0.238. The monoisotopic (exact) mass is 440 g/mol. The lowest BCUT2D eigenvalue weighted by molar-refractivity contribution is -0.115. The number of nitriles is 1. The van der Waals surface area contributed by atoms with Gasteiger partial charge in [0.15, 0.2) is 10.7 Å². The van der Waals surface area contributed by atoms with Crippen LogP contribution in [0.4, 0.5) is 10.5 Å². The van der Waals surface area contributed by atoms with E-state index in [2.05, 4.69) is 4.98 Å². The molecule has 2 heterocycles. The largest absolute Gasteiger partial charge is 0.612 e. The molecule has 2 amide bonds. The van der Waals surface area contributed by atoms with Gasteiger partial charge in [-0.1, -0.05) is 17.7 Å². The molecule has 0 spiro atoms. The number of nitrogens with zero attached hydrogens (tertiary/aromatic N) is 4. The zero-order valence-corrected chi connectivity index (χ0v) is 17.8. The van der Waals surface area contributed by atoms with E-state index in [1.807, 2.05) is 6.07 Å². The number of urea groups is 1. The van der Waals surface area contributed by atoms with Crippen molar-refractivity contribution in [3.8, 4) is 6.07 Å². The van der Waals surface area contributed by atoms with Gasteiger partial charge in [0.2, 0.25) is 0 Å². The van der Waals surface area contributed by atoms with Crippen molar-refractivity contribution in [2.24, 2.45) is 0 Å². The number of amides is 2. The summed E-state index contributed by atoms with van der Waals surface area (Å²) in [5.41, 5.74) is 2.53. The van der Waals surface area contributed by atoms with Crippen LogP contribution < -0.4 is 4.90 Å². The Morgan fingerprint density at radius 2 is 2.03 bits per heavy atom. The normalized spacial score (nSPS) is 19.8. The molecule has 0 N–H and O–H groups in total. The number of likely N-dealkylation sites (N-methyl/N-ethyl adjacent to an activating group) is 1. The Kier molecular flexibility index (Phi) is 5.28. The Morgan fingerprint density at radius 3 is 2.70 bits per heavy atom. The number of Topliss-reactive ketones (excluding diaryl/α,β-unsaturated/α-hetero) is 1. The summed E-state index contributed by atoms with van der Waals surface area (Å²) >= 11 is 4.66. The first-order valence-electron chi connectivity index (χ1n) is 9.14. The second-order valence-electron chi connectivity index (χ2n) is 7.09. The van der Waals surface area contributed by atoms with Crippen molar-refractivity contribution in [3.05, 3.63) is 64.1 Å². The van der Waals surface area contributed by atoms with Gasteiger partial charge in [0.25, 0.3) is 0 Å². The molecule has 0 bridgehead atoms. The second kappa shape index (κ2) is 7.76. The van der Waals surface area contributed by atoms with Crippen LogP contribution in [0, 0.1) is 11.3 Å². The number of pyridine rings is 1. The van der Waals surface area contributed by atoms with Crippen molar-refractivity contribution in [1.29, 1.82) is 5.26 Å². The van der Waals surface area contributed by atoms with Crippen molar-refractivity contribution < 1.29 is 14.1 Å². The molecule has 2 aromatic rings. The molecule has 1 aliphatic carbocycles. The minimum absolute atomic E-state index is 0.0634. The van der Waals surface area contributed by atoms with E-state index in [1.165, 1.54) is 28.4 Å². The molecule has 1 aliphatic heterocycles. The fourth-order valence-electron chi connectivity index (χ4n) is 4.01. The van der Waals surface area contributed by atoms with E-state index in [0.717, 1.165) is 0 Å². The molecule has 1 aromatic carbocycles. The zero-order chi connectivity index (χ0) is 21.6. The van der Waals surface area contributed by atoms with Gasteiger partial charge in [0.05, 0.1) is 34.6 Å². The Balaban J connectivity index is 1.93. The average molecular weight is 441 g/mol. The summed E-state index contributed by atoms with van der Waals surface area (Å²) < 4.78 is 12.4. The first-order valence-corrected chi connectivity index (χ1v) is 11.1. The molecule has 0 saturated heterocycles. The average Bonchev–Trinajstić information content (AvgIpc) is 3.09. The van der Waals surface area contributed by atoms with Gasteiger partial charge in [-0.05, 0) is 29.7 Å². The number of ketones is 1. The number of carbonyl (C=O) groups is 2. The predicted octanol–water partition coefficient (Wildman–Crippen LogP) is 3.57. The first kappa shape index (κ1) is 20.4. The molecule has 2 unspecified atom stereocenters. The summed E-state index contributed by atoms with van der Waals surface area (Å²) in [5, 5.41) is 9.60. The van der Waals surface area contributed by atoms with Crippen LogP contribution in [0.15, 0.2) is 52.8 Å². The van der Waals surface area contributed by atoms with Crippen LogP contribution in [0.1, 0.15) is 30.0 Å². The number of anilines is 1. The standard InChI is InChI=1S/C21H17ClN4O3S/c1-25-20(15-4-3-12(9-23)7-18(15)30(2)29)19-16(5-6-17(19)27)26(21(25)28)14-8-13(22)10-24-11-14/h3-4,7-8,10-11,20H,5-6H2,1-2H3. The zero-order valence-electron chi connectivity index (χ0n) is 16.3. The van der Waals surface area contributed by atoms with Gasteiger partial charge in [-0.15, -0.1) is 0 Å². The van der Waals surface area contributed by atoms with Crippen LogP contribution in [0.25, 0.3) is 0 Å². The number of hydrogen-bond donors (Lipinski definition) is 0. The van der Waals surface area contributed by atoms with Crippen molar-refractivity contribution in [2.75, 3.05) is 18.2 Å². The number of hydrogen-bond acceptors (Lipinski definition) is 5. The molecule has 1 aromatic heterocycles. The molecule has 0 fully saturated rings. The summed E-state index contributed by atoms with van der Waals surface area (Å²) in [5.74, 6) is -0.0634. The third kappa shape index (κ3) is 3.25. The Morgan fingerprint density at radius 1 is 1.27 bits per heavy atom. The SMILES string of the molecule is CN1C(=O)N(c2cncc(Cl)c2)C2=C(C(=O)CC2)C1c1ccc(C#N)cc1[S+](C)[O-]. The third-order valence-corrected chi connectivity index (χ3v) is 6.50. The number of carbonyl (C=O) groups excluding carboxylic acids is 2. The highest BCUT2D eigenvalue weighted by molar-refractivity contribution is 7.90. The Labute approximate surface area is 181 Å². The molecule has 9 heteroatoms. The fourth-order valence-corrected chi connectivity index (χ4v) is 4.99. The molecule has 2 atom stereocenters. The summed E-state index contributed by atoms with van der Waals surface area (Å²) in [7, 11) is 1.61. The molecule has 7 nitrogen and oxygen atoms in total. The molecule has 152 valence electrons. The summed E-state index contributed by atoms with van der Waals surface area (Å²) in [4.78, 5) is 33.7. The van der Waals surface area contributed by atoms with Crippen molar-refractivity contribution in [3.63, 3.8) is 0 Å². The Bertz CT molecular complexity index is 1140. The van der Waals surface area contributed by atoms with Gasteiger partial charge in [-0.25, -0.2) is 4.79 Å². The highest BCUT2D eigenvalue weighted by atomic mass is 35.5. The van der Waals surface area contributed by atoms with Crippen LogP contribution in [0.3, 0.4) is 0 Å². The van der Waals surface area contributed by atoms with Crippen LogP contribution in [-0.4, -0.2) is 39.6 Å². The molecule has 0 radical (unpaired) electrons. The van der Waals surface area contributed by atoms with E-state index < -0.39 is 17.2 Å². The summed E-state index contributed by atoms with van der Waals surface area (Å²) in [6.07, 6.45) is 5.21. The van der Waals surface area contributed by atoms with Crippen molar-refractivity contribution in [1.82, 2.24) is 9.88 Å². The van der Waals surface area contributed by atoms with Crippen LogP contribution >= 0.6 is 11.6 Å². The van der Waals surface area contributed by atoms with Gasteiger partial charge in [-0.3, -0.25) is 14.7 Å². The second-order valence-corrected chi connectivity index (χ2v) is 8.88. The maximum Gasteiger partial charge on any atom is 0.329 e. The minimum Gasteiger partial charge on any atom is -0.612 e. The molecular formula is C21H17ClN4O3S. The van der Waals surface area contributed by atoms with E-state index in [-0.39, 0.29) is 18.2 Å². The van der Waals surface area contributed by atoms with E-state index in [0.29, 0.717) is 44.4 Å². The lowest BCUT2D eigenvalue weighted by Gasteiger charge is -2.40. The van der Waals surface area contributed by atoms with Crippen LogP contribution in [0.2, 0.25) is 5.02 Å². The summed E-state index contributed by atoms with van der Waals surface area (Å²) in [6.45, 7) is 0. The molecule has 4 rings (SSSR count). The number of rotatable bonds is 3. The van der Waals surface area contributed by atoms with Crippen LogP contribution in [-0.2, 0) is 16.0 Å². The third-order valence-electron chi connectivity index (χ3n) is 5.32. The van der Waals surface area contributed by atoms with Gasteiger partial charge in [-0.2, -0.15) is 5.26 Å². The topological polar surface area (TPSA) is 100 Å². The van der Waals surface area contributed by atoms with E-state index in [9.17, 15) is 19.4 Å². The van der Waals surface area contributed by atoms with Gasteiger partial charge in [0.1, 0.15) is 6.26 Å². The van der Waals surface area contributed by atoms with E-state index >= 15 is 0 Å². The summed E-state index contributed by atoms with van der Waals surface area (Å²) in [6, 6.07) is 7.48. The molecule has 0 saturated carbocycles. The first-order chi connectivity index (χ1) is 14.3. The highest BCUT2D eigenvalue weighted by Gasteiger charge is 2.46. The molecular weight excluding hydrogens is 424 g/mol. The molecule has 30 heavy (non-hydrogen) atoms. The van der Waals surface area contributed by atoms with Crippen LogP contribution in [0.5, 0.6) is 0 Å². The Hall–Kier alpha value is -2.86. The number of aromatic nitrogens is 1. The maximum absolute atomic E-state index is 13.4.